The van der Waals surface area contributed by atoms with Gasteiger partial charge in [0.15, 0.2) is 5.82 Å². The molecular formula is C24H19FN6O5. The number of nitrogens with one attached hydrogen (secondary N) is 1. The van der Waals surface area contributed by atoms with Crippen LogP contribution >= 0.6 is 0 Å². The van der Waals surface area contributed by atoms with Crippen LogP contribution in [0.2, 0.25) is 0 Å². The number of anilines is 1. The maximum Gasteiger partial charge on any atom is 0.348 e. The predicted molar refractivity (Wildman–Crippen MR) is 126 cm³/mol. The summed E-state index contributed by atoms with van der Waals surface area (Å²) in [5.41, 5.74) is 5.81. The van der Waals surface area contributed by atoms with E-state index in [0.29, 0.717) is 33.4 Å². The van der Waals surface area contributed by atoms with Crippen LogP contribution in [0.3, 0.4) is 0 Å². The van der Waals surface area contributed by atoms with Gasteiger partial charge in [-0.25, -0.2) is 18.7 Å². The monoisotopic (exact) mass is 490 g/mol. The van der Waals surface area contributed by atoms with Crippen molar-refractivity contribution in [3.63, 3.8) is 0 Å². The smallest absolute Gasteiger partial charge is 0.348 e. The molecule has 0 radical (unpaired) electrons. The highest BCUT2D eigenvalue weighted by Gasteiger charge is 2.48. The number of hydrogen-bond acceptors (Lipinski definition) is 7. The number of aliphatic carboxylic acids is 2. The van der Waals surface area contributed by atoms with Crippen molar-refractivity contribution in [3.05, 3.63) is 77.7 Å². The van der Waals surface area contributed by atoms with Crippen molar-refractivity contribution in [2.24, 2.45) is 0 Å². The number of rotatable bonds is 8. The lowest BCUT2D eigenvalue weighted by Crippen LogP contribution is -2.51. The van der Waals surface area contributed by atoms with Crippen molar-refractivity contribution in [2.75, 3.05) is 5.73 Å². The van der Waals surface area contributed by atoms with E-state index in [4.69, 9.17) is 10.5 Å². The lowest BCUT2D eigenvalue weighted by Gasteiger charge is -2.25. The van der Waals surface area contributed by atoms with Crippen molar-refractivity contribution < 1.29 is 28.9 Å². The molecule has 5 rings (SSSR count). The number of ether oxygens (including phenoxy) is 1. The van der Waals surface area contributed by atoms with E-state index in [9.17, 15) is 24.2 Å². The number of nitrogens with two attached hydrogens (primary N) is 1. The number of benzene rings is 3. The second kappa shape index (κ2) is 8.74. The van der Waals surface area contributed by atoms with Gasteiger partial charge in [0, 0.05) is 17.5 Å². The number of H-pyrrole nitrogens is 1. The maximum atomic E-state index is 14.2. The van der Waals surface area contributed by atoms with Crippen molar-refractivity contribution in [2.45, 2.75) is 18.6 Å². The molecule has 3 aromatic carbocycles. The van der Waals surface area contributed by atoms with Crippen LogP contribution in [0.4, 0.5) is 10.1 Å². The molecule has 0 aliphatic carbocycles. The zero-order chi connectivity index (χ0) is 25.4. The summed E-state index contributed by atoms with van der Waals surface area (Å²) in [6.45, 7) is -0.352. The number of nitrogens with zero attached hydrogens (tertiary/aromatic N) is 4. The zero-order valence-corrected chi connectivity index (χ0v) is 18.6. The van der Waals surface area contributed by atoms with Gasteiger partial charge in [-0.1, -0.05) is 35.5 Å². The molecule has 0 aliphatic heterocycles. The van der Waals surface area contributed by atoms with E-state index in [1.807, 2.05) is 0 Å². The summed E-state index contributed by atoms with van der Waals surface area (Å²) in [4.78, 5) is 24.1. The molecule has 2 aromatic heterocycles. The number of halogens is 1. The Morgan fingerprint density at radius 3 is 2.56 bits per heavy atom. The Morgan fingerprint density at radius 1 is 1.08 bits per heavy atom. The zero-order valence-electron chi connectivity index (χ0n) is 18.6. The third kappa shape index (κ3) is 3.88. The number of carboxylic acids is 2. The van der Waals surface area contributed by atoms with Crippen molar-refractivity contribution >= 4 is 39.6 Å². The largest absolute Gasteiger partial charge is 0.479 e. The molecule has 5 aromatic rings. The number of hydrogen-bond donors (Lipinski definition) is 4. The molecule has 182 valence electrons. The van der Waals surface area contributed by atoms with Gasteiger partial charge < -0.3 is 20.7 Å². The van der Waals surface area contributed by atoms with Crippen LogP contribution in [-0.4, -0.2) is 52.9 Å². The fourth-order valence-corrected chi connectivity index (χ4v) is 3.99. The average molecular weight is 490 g/mol. The summed E-state index contributed by atoms with van der Waals surface area (Å²) in [7, 11) is 0. The first-order valence-corrected chi connectivity index (χ1v) is 10.7. The Labute approximate surface area is 201 Å². The number of aromatic amines is 1. The fraction of sp³-hybridized carbons (Fsp3) is 0.125. The summed E-state index contributed by atoms with van der Waals surface area (Å²) in [5.74, 6) is -3.82. The highest BCUT2D eigenvalue weighted by atomic mass is 19.1. The molecule has 0 saturated heterocycles. The van der Waals surface area contributed by atoms with Crippen LogP contribution in [0.1, 0.15) is 11.3 Å². The summed E-state index contributed by atoms with van der Waals surface area (Å²) in [6, 6.07) is 16.1. The van der Waals surface area contributed by atoms with Gasteiger partial charge in [0.2, 0.25) is 0 Å². The van der Waals surface area contributed by atoms with E-state index < -0.39 is 23.4 Å². The molecule has 0 atom stereocenters. The van der Waals surface area contributed by atoms with Crippen molar-refractivity contribution in [3.8, 4) is 5.69 Å². The quantitative estimate of drug-likeness (QED) is 0.189. The van der Waals surface area contributed by atoms with Crippen LogP contribution in [0.15, 0.2) is 60.7 Å². The number of carbonyl (C=O) groups is 2. The minimum absolute atomic E-state index is 0.0671. The first kappa shape index (κ1) is 22.9. The molecule has 0 aliphatic rings. The van der Waals surface area contributed by atoms with E-state index in [2.05, 4.69) is 20.5 Å². The lowest BCUT2D eigenvalue weighted by molar-refractivity contribution is -0.185. The SMILES string of the molecule is Nc1cc(F)c2nnn(-c3ccc4c(COC(Cc5ccccc5)(C(=O)O)C(=O)O)[nH]nc4c3)c2c1. The van der Waals surface area contributed by atoms with Gasteiger partial charge in [-0.05, 0) is 35.9 Å². The standard InChI is InChI=1S/C24H19FN6O5/c25-17-8-14(26)9-20-21(17)29-30-31(20)15-6-7-16-18(10-15)27-28-19(16)12-36-24(22(32)33,23(34)35)11-13-4-2-1-3-5-13/h1-10H,11-12,26H2,(H,27,28)(H,32,33)(H,34,35). The van der Waals surface area contributed by atoms with Crippen LogP contribution in [0.25, 0.3) is 27.6 Å². The molecule has 0 bridgehead atoms. The molecule has 5 N–H and O–H groups in total. The van der Waals surface area contributed by atoms with Gasteiger partial charge in [0.25, 0.3) is 5.60 Å². The van der Waals surface area contributed by atoms with E-state index in [1.165, 1.54) is 4.68 Å². The molecule has 0 spiro atoms. The fourth-order valence-electron chi connectivity index (χ4n) is 3.99. The van der Waals surface area contributed by atoms with Crippen molar-refractivity contribution in [1.29, 1.82) is 0 Å². The van der Waals surface area contributed by atoms with E-state index in [1.54, 1.807) is 54.6 Å². The van der Waals surface area contributed by atoms with E-state index in [0.717, 1.165) is 6.07 Å². The van der Waals surface area contributed by atoms with Crippen LogP contribution < -0.4 is 5.73 Å². The van der Waals surface area contributed by atoms with Crippen LogP contribution in [0, 0.1) is 5.82 Å². The average Bonchev–Trinajstić information content (AvgIpc) is 3.46. The molecule has 12 heteroatoms. The Bertz CT molecular complexity index is 1600. The molecule has 11 nitrogen and oxygen atoms in total. The number of nitrogen functional groups attached to an aromatic ring is 1. The Morgan fingerprint density at radius 2 is 1.83 bits per heavy atom. The second-order valence-corrected chi connectivity index (χ2v) is 8.16. The summed E-state index contributed by atoms with van der Waals surface area (Å²) >= 11 is 0. The summed E-state index contributed by atoms with van der Waals surface area (Å²) < 4.78 is 21.1. The van der Waals surface area contributed by atoms with Gasteiger partial charge in [0.1, 0.15) is 5.52 Å². The maximum absolute atomic E-state index is 14.2. The number of carboxylic acid groups (broad SMARTS) is 2. The van der Waals surface area contributed by atoms with Gasteiger partial charge in [0.05, 0.1) is 29.0 Å². The van der Waals surface area contributed by atoms with Gasteiger partial charge >= 0.3 is 11.9 Å². The van der Waals surface area contributed by atoms with Gasteiger partial charge in [-0.2, -0.15) is 5.10 Å². The van der Waals surface area contributed by atoms with Crippen LogP contribution in [0.5, 0.6) is 0 Å². The number of fused-ring (bicyclic) bond motifs is 2. The van der Waals surface area contributed by atoms with Gasteiger partial charge in [-0.15, -0.1) is 5.10 Å². The molecule has 0 amide bonds. The highest BCUT2D eigenvalue weighted by Crippen LogP contribution is 2.27. The minimum Gasteiger partial charge on any atom is -0.479 e. The second-order valence-electron chi connectivity index (χ2n) is 8.16. The van der Waals surface area contributed by atoms with Crippen LogP contribution in [-0.2, 0) is 27.4 Å². The molecule has 2 heterocycles. The van der Waals surface area contributed by atoms with E-state index in [-0.39, 0.29) is 24.2 Å². The normalized spacial score (nSPS) is 11.8. The Kier molecular flexibility index (Phi) is 5.57. The van der Waals surface area contributed by atoms with E-state index >= 15 is 0 Å². The van der Waals surface area contributed by atoms with Crippen molar-refractivity contribution in [1.82, 2.24) is 25.2 Å². The summed E-state index contributed by atoms with van der Waals surface area (Å²) in [5, 5.41) is 35.0. The lowest BCUT2D eigenvalue weighted by atomic mass is 9.94. The third-order valence-electron chi connectivity index (χ3n) is 5.84. The minimum atomic E-state index is -2.50. The van der Waals surface area contributed by atoms with Gasteiger partial charge in [-0.3, -0.25) is 5.10 Å². The molecule has 0 fully saturated rings. The topological polar surface area (TPSA) is 169 Å². The molecule has 0 saturated carbocycles. The number of aromatic nitrogens is 5. The third-order valence-corrected chi connectivity index (χ3v) is 5.84. The first-order valence-electron chi connectivity index (χ1n) is 10.7. The highest BCUT2D eigenvalue weighted by molar-refractivity contribution is 6.02. The molecule has 0 unspecified atom stereocenters. The Hall–Kier alpha value is -4.84. The first-order chi connectivity index (χ1) is 17.3. The Balaban J connectivity index is 1.45. The molecule has 36 heavy (non-hydrogen) atoms. The predicted octanol–water partition coefficient (Wildman–Crippen LogP) is 2.69. The molecular weight excluding hydrogens is 471 g/mol. The summed E-state index contributed by atoms with van der Waals surface area (Å²) in [6.07, 6.45) is -0.367.